The quantitative estimate of drug-likeness (QED) is 0.767. The molecule has 2 rings (SSSR count). The zero-order chi connectivity index (χ0) is 11.4. The number of nitrogen functional groups attached to an aromatic ring is 1. The van der Waals surface area contributed by atoms with Gasteiger partial charge in [-0.3, -0.25) is 0 Å². The molecule has 2 nitrogen and oxygen atoms in total. The number of rotatable bonds is 3. The largest absolute Gasteiger partial charge is 0.399 e. The standard InChI is InChI=1S/C14H16N2/c1-11-4-2-7-14(8-11)16-10-12-5-3-6-13(15)9-12/h2-9,16H,10,15H2,1H3. The Bertz CT molecular complexity index is 432. The fourth-order valence-electron chi connectivity index (χ4n) is 1.66. The Balaban J connectivity index is 2.02. The first kappa shape index (κ1) is 10.6. The van der Waals surface area contributed by atoms with E-state index in [1.165, 1.54) is 11.1 Å². The van der Waals surface area contributed by atoms with E-state index < -0.39 is 0 Å². The molecule has 0 bridgehead atoms. The van der Waals surface area contributed by atoms with Gasteiger partial charge < -0.3 is 11.1 Å². The summed E-state index contributed by atoms with van der Waals surface area (Å²) in [4.78, 5) is 0. The van der Waals surface area contributed by atoms with Crippen LogP contribution >= 0.6 is 0 Å². The second-order valence-corrected chi connectivity index (χ2v) is 3.97. The smallest absolute Gasteiger partial charge is 0.0401 e. The van der Waals surface area contributed by atoms with Crippen LogP contribution in [0.3, 0.4) is 0 Å². The van der Waals surface area contributed by atoms with E-state index in [1.54, 1.807) is 0 Å². The van der Waals surface area contributed by atoms with Gasteiger partial charge in [0.1, 0.15) is 0 Å². The molecule has 0 spiro atoms. The first-order valence-electron chi connectivity index (χ1n) is 5.39. The molecule has 0 aliphatic carbocycles. The van der Waals surface area contributed by atoms with E-state index in [-0.39, 0.29) is 0 Å². The number of benzene rings is 2. The van der Waals surface area contributed by atoms with E-state index in [1.807, 2.05) is 18.2 Å². The van der Waals surface area contributed by atoms with Crippen molar-refractivity contribution in [2.45, 2.75) is 13.5 Å². The highest BCUT2D eigenvalue weighted by molar-refractivity contribution is 5.47. The van der Waals surface area contributed by atoms with E-state index in [9.17, 15) is 0 Å². The Hall–Kier alpha value is -1.96. The summed E-state index contributed by atoms with van der Waals surface area (Å²) in [5, 5.41) is 3.37. The van der Waals surface area contributed by atoms with E-state index in [0.717, 1.165) is 17.9 Å². The minimum atomic E-state index is 0.800. The molecule has 0 aliphatic rings. The van der Waals surface area contributed by atoms with Crippen molar-refractivity contribution in [3.05, 3.63) is 59.7 Å². The number of nitrogens with one attached hydrogen (secondary N) is 1. The van der Waals surface area contributed by atoms with Crippen LogP contribution in [0.1, 0.15) is 11.1 Å². The number of hydrogen-bond acceptors (Lipinski definition) is 2. The van der Waals surface area contributed by atoms with E-state index >= 15 is 0 Å². The third-order valence-electron chi connectivity index (χ3n) is 2.47. The summed E-state index contributed by atoms with van der Waals surface area (Å²) in [6.07, 6.45) is 0. The molecule has 0 aliphatic heterocycles. The van der Waals surface area contributed by atoms with Crippen LogP contribution in [0.5, 0.6) is 0 Å². The first-order valence-corrected chi connectivity index (χ1v) is 5.39. The van der Waals surface area contributed by atoms with Crippen LogP contribution in [-0.4, -0.2) is 0 Å². The number of anilines is 2. The van der Waals surface area contributed by atoms with Crippen molar-refractivity contribution in [3.8, 4) is 0 Å². The van der Waals surface area contributed by atoms with Gasteiger partial charge in [-0.05, 0) is 42.3 Å². The molecule has 3 N–H and O–H groups in total. The van der Waals surface area contributed by atoms with Crippen LogP contribution in [0.25, 0.3) is 0 Å². The van der Waals surface area contributed by atoms with Gasteiger partial charge in [0.25, 0.3) is 0 Å². The Labute approximate surface area is 96.1 Å². The molecule has 0 saturated carbocycles. The zero-order valence-corrected chi connectivity index (χ0v) is 9.40. The molecule has 82 valence electrons. The molecule has 0 amide bonds. The summed E-state index contributed by atoms with van der Waals surface area (Å²) in [7, 11) is 0. The molecule has 0 radical (unpaired) electrons. The number of nitrogens with two attached hydrogens (primary N) is 1. The van der Waals surface area contributed by atoms with Crippen molar-refractivity contribution in [1.82, 2.24) is 0 Å². The predicted molar refractivity (Wildman–Crippen MR) is 69.4 cm³/mol. The highest BCUT2D eigenvalue weighted by Crippen LogP contribution is 2.12. The molecule has 2 aromatic rings. The summed E-state index contributed by atoms with van der Waals surface area (Å²) in [6.45, 7) is 2.89. The molecule has 0 unspecified atom stereocenters. The average Bonchev–Trinajstić information content (AvgIpc) is 2.27. The normalized spacial score (nSPS) is 10.1. The lowest BCUT2D eigenvalue weighted by atomic mass is 10.2. The Morgan fingerprint density at radius 2 is 1.88 bits per heavy atom. The van der Waals surface area contributed by atoms with Crippen LogP contribution in [-0.2, 0) is 6.54 Å². The zero-order valence-electron chi connectivity index (χ0n) is 9.40. The Kier molecular flexibility index (Phi) is 3.10. The molecule has 0 heterocycles. The van der Waals surface area contributed by atoms with Crippen LogP contribution in [0.2, 0.25) is 0 Å². The van der Waals surface area contributed by atoms with Crippen molar-refractivity contribution in [2.24, 2.45) is 0 Å². The van der Waals surface area contributed by atoms with Crippen LogP contribution in [0, 0.1) is 6.92 Å². The Morgan fingerprint density at radius 3 is 2.62 bits per heavy atom. The summed E-state index contributed by atoms with van der Waals surface area (Å²) in [5.74, 6) is 0. The lowest BCUT2D eigenvalue weighted by Crippen LogP contribution is -2.00. The summed E-state index contributed by atoms with van der Waals surface area (Å²) < 4.78 is 0. The maximum absolute atomic E-state index is 5.72. The highest BCUT2D eigenvalue weighted by atomic mass is 14.9. The summed E-state index contributed by atoms with van der Waals surface area (Å²) in [5.41, 5.74) is 10.1. The van der Waals surface area contributed by atoms with Crippen molar-refractivity contribution in [3.63, 3.8) is 0 Å². The van der Waals surface area contributed by atoms with E-state index in [0.29, 0.717) is 0 Å². The second-order valence-electron chi connectivity index (χ2n) is 3.97. The summed E-state index contributed by atoms with van der Waals surface area (Å²) in [6, 6.07) is 16.3. The number of aryl methyl sites for hydroxylation is 1. The van der Waals surface area contributed by atoms with Gasteiger partial charge >= 0.3 is 0 Å². The van der Waals surface area contributed by atoms with Gasteiger partial charge in [0, 0.05) is 17.9 Å². The topological polar surface area (TPSA) is 38.0 Å². The van der Waals surface area contributed by atoms with Gasteiger partial charge in [-0.25, -0.2) is 0 Å². The Morgan fingerprint density at radius 1 is 1.06 bits per heavy atom. The van der Waals surface area contributed by atoms with Crippen molar-refractivity contribution >= 4 is 11.4 Å². The van der Waals surface area contributed by atoms with E-state index in [4.69, 9.17) is 5.73 Å². The van der Waals surface area contributed by atoms with E-state index in [2.05, 4.69) is 42.6 Å². The molecule has 0 aromatic heterocycles. The van der Waals surface area contributed by atoms with Gasteiger partial charge in [-0.1, -0.05) is 24.3 Å². The molecule has 16 heavy (non-hydrogen) atoms. The maximum Gasteiger partial charge on any atom is 0.0401 e. The first-order chi connectivity index (χ1) is 7.74. The lowest BCUT2D eigenvalue weighted by Gasteiger charge is -2.07. The van der Waals surface area contributed by atoms with Gasteiger partial charge in [-0.15, -0.1) is 0 Å². The molecular weight excluding hydrogens is 196 g/mol. The van der Waals surface area contributed by atoms with Gasteiger partial charge in [0.15, 0.2) is 0 Å². The van der Waals surface area contributed by atoms with Gasteiger partial charge in [0.05, 0.1) is 0 Å². The van der Waals surface area contributed by atoms with Crippen molar-refractivity contribution in [1.29, 1.82) is 0 Å². The molecular formula is C14H16N2. The SMILES string of the molecule is Cc1cccc(NCc2cccc(N)c2)c1. The fraction of sp³-hybridized carbons (Fsp3) is 0.143. The minimum absolute atomic E-state index is 0.800. The molecule has 0 atom stereocenters. The predicted octanol–water partition coefficient (Wildman–Crippen LogP) is 3.19. The van der Waals surface area contributed by atoms with Crippen molar-refractivity contribution < 1.29 is 0 Å². The minimum Gasteiger partial charge on any atom is -0.399 e. The molecule has 0 saturated heterocycles. The summed E-state index contributed by atoms with van der Waals surface area (Å²) >= 11 is 0. The number of hydrogen-bond donors (Lipinski definition) is 2. The van der Waals surface area contributed by atoms with Gasteiger partial charge in [0.2, 0.25) is 0 Å². The molecule has 2 heteroatoms. The second kappa shape index (κ2) is 4.71. The van der Waals surface area contributed by atoms with Gasteiger partial charge in [-0.2, -0.15) is 0 Å². The lowest BCUT2D eigenvalue weighted by molar-refractivity contribution is 1.15. The third-order valence-corrected chi connectivity index (χ3v) is 2.47. The average molecular weight is 212 g/mol. The maximum atomic E-state index is 5.72. The molecule has 2 aromatic carbocycles. The highest BCUT2D eigenvalue weighted by Gasteiger charge is 1.94. The monoisotopic (exact) mass is 212 g/mol. The third kappa shape index (κ3) is 2.76. The van der Waals surface area contributed by atoms with Crippen LogP contribution in [0.4, 0.5) is 11.4 Å². The van der Waals surface area contributed by atoms with Crippen molar-refractivity contribution in [2.75, 3.05) is 11.1 Å². The fourth-order valence-corrected chi connectivity index (χ4v) is 1.66. The van der Waals surface area contributed by atoms with Crippen LogP contribution < -0.4 is 11.1 Å². The molecule has 0 fully saturated rings. The van der Waals surface area contributed by atoms with Crippen LogP contribution in [0.15, 0.2) is 48.5 Å².